The Morgan fingerprint density at radius 1 is 0.426 bits per heavy atom. The summed E-state index contributed by atoms with van der Waals surface area (Å²) < 4.78 is 21.7. The average Bonchev–Trinajstić information content (AvgIpc) is 3.14. The minimum absolute atomic E-state index is 0.628. The molecule has 3 nitrogen and oxygen atoms in total. The molecule has 0 aliphatic carbocycles. The first-order chi connectivity index (χ1) is 23.2. The number of fused-ring (bicyclic) bond motifs is 4. The zero-order valence-electron chi connectivity index (χ0n) is 25.4. The van der Waals surface area contributed by atoms with Crippen molar-refractivity contribution >= 4 is 44.6 Å². The molecule has 0 saturated heterocycles. The van der Waals surface area contributed by atoms with Crippen LogP contribution in [0.5, 0.6) is 11.5 Å². The number of benzene rings is 7. The maximum Gasteiger partial charge on any atom is 0.178 e. The molecule has 222 valence electrons. The van der Waals surface area contributed by atoms with Crippen molar-refractivity contribution in [2.75, 3.05) is 0 Å². The third-order valence-electron chi connectivity index (χ3n) is 9.14. The quantitative estimate of drug-likeness (QED) is 0.145. The molecule has 1 aromatic heterocycles. The molecule has 0 N–H and O–H groups in total. The summed E-state index contributed by atoms with van der Waals surface area (Å²) in [6, 6.07) is 57.4. The fraction of sp³-hybridized carbons (Fsp3) is 0. The Kier molecular flexibility index (Phi) is 6.41. The maximum atomic E-state index is 15.2. The Morgan fingerprint density at radius 3 is 1.68 bits per heavy atom. The van der Waals surface area contributed by atoms with Crippen LogP contribution in [0.2, 0.25) is 0 Å². The van der Waals surface area contributed by atoms with Crippen LogP contribution in [0.15, 0.2) is 170 Å². The van der Waals surface area contributed by atoms with E-state index in [4.69, 9.17) is 9.72 Å². The lowest BCUT2D eigenvalue weighted by Gasteiger charge is -2.29. The van der Waals surface area contributed by atoms with Gasteiger partial charge in [-0.2, -0.15) is 0 Å². The molecule has 8 aromatic rings. The normalized spacial score (nSPS) is 15.1. The van der Waals surface area contributed by atoms with Crippen molar-refractivity contribution in [3.63, 3.8) is 0 Å². The number of hydrogen-bond donors (Lipinski definition) is 0. The van der Waals surface area contributed by atoms with Gasteiger partial charge in [-0.3, -0.25) is 0 Å². The number of nitrogens with zero attached hydrogens (tertiary/aromatic N) is 1. The van der Waals surface area contributed by atoms with Gasteiger partial charge in [0.1, 0.15) is 11.5 Å². The zero-order chi connectivity index (χ0) is 31.4. The number of rotatable bonds is 4. The second-order valence-corrected chi connectivity index (χ2v) is 14.5. The highest BCUT2D eigenvalue weighted by Gasteiger charge is 2.39. The smallest absolute Gasteiger partial charge is 0.178 e. The van der Waals surface area contributed by atoms with E-state index in [0.717, 1.165) is 71.1 Å². The van der Waals surface area contributed by atoms with Crippen LogP contribution >= 0.6 is 7.14 Å². The molecule has 0 fully saturated rings. The Hall–Kier alpha value is -5.76. The lowest BCUT2D eigenvalue weighted by molar-refractivity contribution is 0.485. The van der Waals surface area contributed by atoms with Crippen LogP contribution < -0.4 is 20.7 Å². The minimum Gasteiger partial charge on any atom is -0.456 e. The molecule has 4 heteroatoms. The Balaban J connectivity index is 1.28. The molecule has 1 unspecified atom stereocenters. The highest BCUT2D eigenvalue weighted by Crippen LogP contribution is 2.53. The first-order valence-electron chi connectivity index (χ1n) is 15.7. The molecule has 1 aliphatic heterocycles. The Labute approximate surface area is 273 Å². The van der Waals surface area contributed by atoms with Gasteiger partial charge in [-0.05, 0) is 69.1 Å². The summed E-state index contributed by atoms with van der Waals surface area (Å²) in [4.78, 5) is 5.19. The van der Waals surface area contributed by atoms with Gasteiger partial charge < -0.3 is 9.30 Å². The Morgan fingerprint density at radius 2 is 0.979 bits per heavy atom. The number of ether oxygens (including phenoxy) is 1. The largest absolute Gasteiger partial charge is 0.456 e. The number of aromatic nitrogens is 1. The van der Waals surface area contributed by atoms with E-state index >= 15 is 4.57 Å². The van der Waals surface area contributed by atoms with Crippen LogP contribution in [0.3, 0.4) is 0 Å². The van der Waals surface area contributed by atoms with E-state index in [1.807, 2.05) is 78.9 Å². The minimum atomic E-state index is -3.16. The van der Waals surface area contributed by atoms with Crippen molar-refractivity contribution in [3.05, 3.63) is 170 Å². The molecular formula is C43H28NO2P. The first-order valence-corrected chi connectivity index (χ1v) is 17.5. The Bertz CT molecular complexity index is 2470. The van der Waals surface area contributed by atoms with Crippen molar-refractivity contribution in [2.24, 2.45) is 0 Å². The summed E-state index contributed by atoms with van der Waals surface area (Å²) in [5.41, 5.74) is 6.18. The molecule has 9 rings (SSSR count). The molecule has 1 aliphatic rings. The topological polar surface area (TPSA) is 39.2 Å². The van der Waals surface area contributed by atoms with Crippen LogP contribution in [-0.2, 0) is 4.57 Å². The molecule has 2 heterocycles. The van der Waals surface area contributed by atoms with Gasteiger partial charge in [0.25, 0.3) is 0 Å². The van der Waals surface area contributed by atoms with E-state index in [2.05, 4.69) is 91.0 Å². The number of para-hydroxylation sites is 1. The van der Waals surface area contributed by atoms with Gasteiger partial charge in [-0.1, -0.05) is 133 Å². The van der Waals surface area contributed by atoms with Gasteiger partial charge in [0.2, 0.25) is 0 Å². The summed E-state index contributed by atoms with van der Waals surface area (Å²) in [5.74, 6) is 1.27. The van der Waals surface area contributed by atoms with Gasteiger partial charge in [-0.25, -0.2) is 4.98 Å². The predicted octanol–water partition coefficient (Wildman–Crippen LogP) is 10.1. The second-order valence-electron chi connectivity index (χ2n) is 11.8. The lowest BCUT2D eigenvalue weighted by Crippen LogP contribution is -2.30. The fourth-order valence-corrected chi connectivity index (χ4v) is 9.88. The van der Waals surface area contributed by atoms with E-state index in [-0.39, 0.29) is 0 Å². The van der Waals surface area contributed by atoms with Crippen molar-refractivity contribution in [3.8, 4) is 45.1 Å². The molecule has 0 bridgehead atoms. The van der Waals surface area contributed by atoms with Crippen molar-refractivity contribution in [1.29, 1.82) is 0 Å². The standard InChI is InChI=1S/C43H28NO2P/c45-47(31-16-5-2-6-17-31)40-25-12-11-24-38(40)46-39-28-30(26-27-41(39)47)42-32-18-7-9-20-34(32)43(35-21-10-8-19-33(35)42)37-23-13-22-36(44-37)29-14-3-1-4-15-29/h1-28H. The third kappa shape index (κ3) is 4.35. The molecule has 0 spiro atoms. The molecule has 0 radical (unpaired) electrons. The molecule has 0 amide bonds. The molecule has 7 aromatic carbocycles. The van der Waals surface area contributed by atoms with Crippen molar-refractivity contribution in [1.82, 2.24) is 4.98 Å². The molecule has 47 heavy (non-hydrogen) atoms. The van der Waals surface area contributed by atoms with E-state index < -0.39 is 7.14 Å². The summed E-state index contributed by atoms with van der Waals surface area (Å²) in [6.07, 6.45) is 0. The monoisotopic (exact) mass is 621 g/mol. The van der Waals surface area contributed by atoms with E-state index in [9.17, 15) is 0 Å². The van der Waals surface area contributed by atoms with E-state index in [0.29, 0.717) is 11.5 Å². The lowest BCUT2D eigenvalue weighted by atomic mass is 9.87. The van der Waals surface area contributed by atoms with Gasteiger partial charge >= 0.3 is 0 Å². The summed E-state index contributed by atoms with van der Waals surface area (Å²) >= 11 is 0. The highest BCUT2D eigenvalue weighted by atomic mass is 31.2. The van der Waals surface area contributed by atoms with E-state index in [1.54, 1.807) is 0 Å². The van der Waals surface area contributed by atoms with Gasteiger partial charge in [0.05, 0.1) is 22.0 Å². The maximum absolute atomic E-state index is 15.2. The predicted molar refractivity (Wildman–Crippen MR) is 195 cm³/mol. The zero-order valence-corrected chi connectivity index (χ0v) is 26.3. The first kappa shape index (κ1) is 27.5. The average molecular weight is 622 g/mol. The van der Waals surface area contributed by atoms with Crippen molar-refractivity contribution < 1.29 is 9.30 Å². The van der Waals surface area contributed by atoms with E-state index in [1.165, 1.54) is 0 Å². The van der Waals surface area contributed by atoms with Crippen LogP contribution in [0.25, 0.3) is 55.2 Å². The van der Waals surface area contributed by atoms with Crippen LogP contribution in [0.4, 0.5) is 0 Å². The second kappa shape index (κ2) is 10.9. The molecule has 0 saturated carbocycles. The molecule has 1 atom stereocenters. The summed E-state index contributed by atoms with van der Waals surface area (Å²) in [6.45, 7) is 0. The summed E-state index contributed by atoms with van der Waals surface area (Å²) in [7, 11) is -3.16. The molecular weight excluding hydrogens is 593 g/mol. The SMILES string of the molecule is O=P1(c2ccccc2)c2ccccc2Oc2cc(-c3c4ccccc4c(-c4cccc(-c5ccccc5)n4)c4ccccc34)ccc21. The fourth-order valence-electron chi connectivity index (χ4n) is 7.04. The van der Waals surface area contributed by atoms with Crippen molar-refractivity contribution in [2.45, 2.75) is 0 Å². The number of hydrogen-bond acceptors (Lipinski definition) is 3. The summed E-state index contributed by atoms with van der Waals surface area (Å²) in [5, 5.41) is 6.74. The van der Waals surface area contributed by atoms with Gasteiger partial charge in [0, 0.05) is 16.4 Å². The van der Waals surface area contributed by atoms with Crippen LogP contribution in [0.1, 0.15) is 0 Å². The van der Waals surface area contributed by atoms with Crippen LogP contribution in [-0.4, -0.2) is 4.98 Å². The number of pyridine rings is 1. The highest BCUT2D eigenvalue weighted by molar-refractivity contribution is 7.85. The van der Waals surface area contributed by atoms with Crippen LogP contribution in [0, 0.1) is 0 Å². The van der Waals surface area contributed by atoms with Gasteiger partial charge in [0.15, 0.2) is 7.14 Å². The third-order valence-corrected chi connectivity index (χ3v) is 12.3. The van der Waals surface area contributed by atoms with Gasteiger partial charge in [-0.15, -0.1) is 0 Å².